The van der Waals surface area contributed by atoms with Gasteiger partial charge in [-0.3, -0.25) is 0 Å². The van der Waals surface area contributed by atoms with Crippen molar-refractivity contribution in [3.05, 3.63) is 0 Å². The van der Waals surface area contributed by atoms with Crippen molar-refractivity contribution in [2.24, 2.45) is 5.11 Å². The Morgan fingerprint density at radius 1 is 1.75 bits per heavy atom. The molecule has 1 aliphatic rings. The van der Waals surface area contributed by atoms with E-state index in [2.05, 4.69) is 10.0 Å². The molecule has 16 heavy (non-hydrogen) atoms. The summed E-state index contributed by atoms with van der Waals surface area (Å²) in [6, 6.07) is -0.473. The molecule has 0 aliphatic carbocycles. The van der Waals surface area contributed by atoms with E-state index in [-0.39, 0.29) is 19.4 Å². The predicted molar refractivity (Wildman–Crippen MR) is 49.4 cm³/mol. The third kappa shape index (κ3) is 3.27. The maximum Gasteiger partial charge on any atom is 0.214 e. The number of piperidine rings is 1. The van der Waals surface area contributed by atoms with Gasteiger partial charge in [-0.1, -0.05) is 0 Å². The molecule has 1 N–H and O–H groups in total. The van der Waals surface area contributed by atoms with E-state index in [1.165, 1.54) is 7.11 Å². The molecule has 1 heterocycles. The lowest BCUT2D eigenvalue weighted by Crippen LogP contribution is -2.53. The third-order valence-corrected chi connectivity index (χ3v) is 2.38. The number of nitrogens with zero attached hydrogens (tertiary/aromatic N) is 3. The van der Waals surface area contributed by atoms with E-state index in [4.69, 9.17) is 15.0 Å². The fraction of sp³-hybridized carbons (Fsp3) is 0.875. The summed E-state index contributed by atoms with van der Waals surface area (Å²) < 4.78 is 10.1. The van der Waals surface area contributed by atoms with Gasteiger partial charge in [-0.15, -0.1) is 0 Å². The van der Waals surface area contributed by atoms with Crippen LogP contribution in [0, 0.1) is 5.53 Å². The van der Waals surface area contributed by atoms with Gasteiger partial charge in [0, 0.05) is 13.7 Å². The highest BCUT2D eigenvalue weighted by atomic mass is 16.7. The lowest BCUT2D eigenvalue weighted by molar-refractivity contribution is -0.267. The zero-order chi connectivity index (χ0) is 12.0. The molecule has 1 rings (SSSR count). The van der Waals surface area contributed by atoms with Gasteiger partial charge >= 0.3 is 0 Å². The Labute approximate surface area is 92.4 Å². The second-order valence-corrected chi connectivity index (χ2v) is 3.40. The minimum absolute atomic E-state index is 0.111. The molecule has 8 heteroatoms. The van der Waals surface area contributed by atoms with Crippen LogP contribution in [0.15, 0.2) is 5.11 Å². The number of likely N-dealkylation sites (tertiary alicyclic amines) is 1. The number of hydrogen-bond donors (Lipinski definition) is 1. The van der Waals surface area contributed by atoms with Crippen molar-refractivity contribution in [3.63, 3.8) is 0 Å². The van der Waals surface area contributed by atoms with Crippen LogP contribution in [0.3, 0.4) is 0 Å². The number of carboxylic acid groups (broad SMARTS) is 1. The summed E-state index contributed by atoms with van der Waals surface area (Å²) in [6.07, 6.45) is -1.03. The van der Waals surface area contributed by atoms with Crippen LogP contribution < -0.4 is 10.0 Å². The van der Waals surface area contributed by atoms with Gasteiger partial charge in [0.25, 0.3) is 0 Å². The van der Waals surface area contributed by atoms with Crippen LogP contribution >= 0.6 is 0 Å². The first kappa shape index (κ1) is 12.6. The largest absolute Gasteiger partial charge is 0.530 e. The normalized spacial score (nSPS) is 24.9. The van der Waals surface area contributed by atoms with Crippen LogP contribution in [0.25, 0.3) is 0 Å². The van der Waals surface area contributed by atoms with Gasteiger partial charge in [0.05, 0.1) is 12.6 Å². The number of methoxy groups -OCH3 is 1. The highest BCUT2D eigenvalue weighted by Gasteiger charge is 2.33. The Morgan fingerprint density at radius 2 is 2.50 bits per heavy atom. The predicted octanol–water partition coefficient (Wildman–Crippen LogP) is -1.06. The Bertz CT molecular complexity index is 292. The quantitative estimate of drug-likeness (QED) is 0.377. The second kappa shape index (κ2) is 6.16. The van der Waals surface area contributed by atoms with Crippen molar-refractivity contribution < 1.29 is 19.4 Å². The molecule has 1 amide bonds. The van der Waals surface area contributed by atoms with E-state index in [9.17, 15) is 9.90 Å². The Balaban J connectivity index is 2.59. The Kier molecular flexibility index (Phi) is 4.84. The van der Waals surface area contributed by atoms with Crippen molar-refractivity contribution in [1.82, 2.24) is 9.81 Å². The molecule has 1 aliphatic heterocycles. The molecule has 0 saturated carbocycles. The van der Waals surface area contributed by atoms with Crippen molar-refractivity contribution in [3.8, 4) is 0 Å². The summed E-state index contributed by atoms with van der Waals surface area (Å²) in [5.74, 6) is 0. The number of nitrogens with one attached hydrogen (secondary N) is 1. The molecule has 2 unspecified atom stereocenters. The first-order valence-electron chi connectivity index (χ1n) is 4.82. The van der Waals surface area contributed by atoms with E-state index < -0.39 is 12.1 Å². The lowest BCUT2D eigenvalue weighted by atomic mass is 10.0. The fourth-order valence-corrected chi connectivity index (χ4v) is 1.61. The SMILES string of the molecule is COCOC1CCN(C(=O)[O-])CC1N=[N+]=N. The topological polar surface area (TPSA) is 112 Å². The molecule has 0 spiro atoms. The molecule has 0 aromatic rings. The van der Waals surface area contributed by atoms with Gasteiger partial charge in [-0.05, 0) is 6.42 Å². The highest BCUT2D eigenvalue weighted by Crippen LogP contribution is 2.16. The summed E-state index contributed by atoms with van der Waals surface area (Å²) >= 11 is 0. The highest BCUT2D eigenvalue weighted by molar-refractivity contribution is 5.62. The average Bonchev–Trinajstić information content (AvgIpc) is 2.27. The molecule has 2 atom stereocenters. The van der Waals surface area contributed by atoms with Crippen LogP contribution in [-0.2, 0) is 9.47 Å². The maximum atomic E-state index is 10.7. The van der Waals surface area contributed by atoms with Gasteiger partial charge < -0.3 is 24.3 Å². The van der Waals surface area contributed by atoms with Gasteiger partial charge in [-0.2, -0.15) is 0 Å². The molecule has 90 valence electrons. The first-order chi connectivity index (χ1) is 7.69. The molecule has 0 bridgehead atoms. The number of ether oxygens (including phenoxy) is 2. The van der Waals surface area contributed by atoms with E-state index in [0.29, 0.717) is 13.0 Å². The van der Waals surface area contributed by atoms with E-state index in [1.54, 1.807) is 0 Å². The van der Waals surface area contributed by atoms with E-state index in [1.807, 2.05) is 0 Å². The number of hydrogen-bond acceptors (Lipinski definition) is 6. The molecule has 0 radical (unpaired) electrons. The van der Waals surface area contributed by atoms with Crippen LogP contribution in [0.5, 0.6) is 0 Å². The third-order valence-electron chi connectivity index (χ3n) is 2.38. The first-order valence-corrected chi connectivity index (χ1v) is 4.82. The molecular formula is C8H14N4O4. The smallest absolute Gasteiger partial charge is 0.214 e. The summed E-state index contributed by atoms with van der Waals surface area (Å²) in [4.78, 5) is 14.7. The number of carbonyl (C=O) groups excluding carboxylic acids is 1. The van der Waals surface area contributed by atoms with Crippen LogP contribution in [0.4, 0.5) is 4.79 Å². The van der Waals surface area contributed by atoms with Crippen molar-refractivity contribution >= 4 is 6.09 Å². The van der Waals surface area contributed by atoms with Crippen LogP contribution in [0.2, 0.25) is 0 Å². The maximum absolute atomic E-state index is 10.7. The summed E-state index contributed by atoms with van der Waals surface area (Å²) in [5.41, 5.74) is 6.67. The van der Waals surface area contributed by atoms with Crippen molar-refractivity contribution in [1.29, 1.82) is 5.53 Å². The second-order valence-electron chi connectivity index (χ2n) is 3.40. The zero-order valence-electron chi connectivity index (χ0n) is 8.96. The van der Waals surface area contributed by atoms with Crippen LogP contribution in [0.1, 0.15) is 6.42 Å². The Hall–Kier alpha value is -1.50. The standard InChI is InChI=1S/C8H14N4O4/c1-15-5-16-7-2-3-12(8(13)14)4-6(7)10-11-9/h6-7,9H,2-5H2,1H3. The van der Waals surface area contributed by atoms with E-state index >= 15 is 0 Å². The number of amides is 1. The van der Waals surface area contributed by atoms with Gasteiger partial charge in [0.2, 0.25) is 4.91 Å². The van der Waals surface area contributed by atoms with Gasteiger partial charge in [0.15, 0.2) is 6.04 Å². The van der Waals surface area contributed by atoms with Crippen molar-refractivity contribution in [2.75, 3.05) is 27.0 Å². The van der Waals surface area contributed by atoms with Gasteiger partial charge in [0.1, 0.15) is 23.5 Å². The summed E-state index contributed by atoms with van der Waals surface area (Å²) in [6.45, 7) is 0.583. The van der Waals surface area contributed by atoms with Gasteiger partial charge in [-0.25, -0.2) is 0 Å². The zero-order valence-corrected chi connectivity index (χ0v) is 8.96. The summed E-state index contributed by atoms with van der Waals surface area (Å²) in [5, 5.41) is 14.3. The monoisotopic (exact) mass is 230 g/mol. The molecule has 1 saturated heterocycles. The molecule has 1 fully saturated rings. The molecule has 0 aromatic carbocycles. The lowest BCUT2D eigenvalue weighted by Gasteiger charge is -2.35. The summed E-state index contributed by atoms with van der Waals surface area (Å²) in [7, 11) is 1.50. The number of carbonyl (C=O) groups is 1. The Morgan fingerprint density at radius 3 is 3.06 bits per heavy atom. The minimum atomic E-state index is -1.24. The fourth-order valence-electron chi connectivity index (χ4n) is 1.61. The van der Waals surface area contributed by atoms with Crippen molar-refractivity contribution in [2.45, 2.75) is 18.6 Å². The van der Waals surface area contributed by atoms with Crippen LogP contribution in [-0.4, -0.2) is 50.1 Å². The molecule has 8 nitrogen and oxygen atoms in total. The minimum Gasteiger partial charge on any atom is -0.530 e. The van der Waals surface area contributed by atoms with E-state index in [0.717, 1.165) is 4.90 Å². The average molecular weight is 230 g/mol. The molecule has 0 aromatic heterocycles. The number of rotatable bonds is 4. The molecular weight excluding hydrogens is 216 g/mol.